The molecule has 0 fully saturated rings. The van der Waals surface area contributed by atoms with Crippen LogP contribution in [0.2, 0.25) is 0 Å². The minimum atomic E-state index is -0.115. The number of nitrogens with zero attached hydrogens (tertiary/aromatic N) is 5. The van der Waals surface area contributed by atoms with Gasteiger partial charge in [-0.05, 0) is 42.2 Å². The lowest BCUT2D eigenvalue weighted by Gasteiger charge is -2.19. The average molecular weight is 486 g/mol. The molecule has 0 aliphatic rings. The van der Waals surface area contributed by atoms with Crippen molar-refractivity contribution in [3.05, 3.63) is 90.2 Å². The molecule has 1 unspecified atom stereocenters. The van der Waals surface area contributed by atoms with Gasteiger partial charge in [0.25, 0.3) is 0 Å². The molecule has 0 radical (unpaired) electrons. The Bertz CT molecular complexity index is 1380. The summed E-state index contributed by atoms with van der Waals surface area (Å²) in [6.07, 6.45) is 1.68. The largest absolute Gasteiger partial charge is 0.467 e. The Kier molecular flexibility index (Phi) is 6.30. The zero-order valence-electron chi connectivity index (χ0n) is 20.2. The van der Waals surface area contributed by atoms with Gasteiger partial charge in [-0.2, -0.15) is 0 Å². The fraction of sp³-hybridized carbons (Fsp3) is 0.259. The van der Waals surface area contributed by atoms with Gasteiger partial charge in [0.15, 0.2) is 11.0 Å². The first kappa shape index (κ1) is 23.1. The van der Waals surface area contributed by atoms with Gasteiger partial charge < -0.3 is 8.83 Å². The number of benzene rings is 2. The number of hydrogen-bond acceptors (Lipinski definition) is 7. The van der Waals surface area contributed by atoms with Crippen molar-refractivity contribution in [3.8, 4) is 22.8 Å². The summed E-state index contributed by atoms with van der Waals surface area (Å²) in [5.41, 5.74) is 3.25. The smallest absolute Gasteiger partial charge is 0.247 e. The maximum absolute atomic E-state index is 5.97. The van der Waals surface area contributed by atoms with Crippen LogP contribution in [0.3, 0.4) is 0 Å². The molecule has 3 aromatic heterocycles. The lowest BCUT2D eigenvalue weighted by molar-refractivity contribution is 0.484. The van der Waals surface area contributed by atoms with Crippen molar-refractivity contribution < 1.29 is 8.83 Å². The van der Waals surface area contributed by atoms with Crippen LogP contribution in [0.25, 0.3) is 22.8 Å². The van der Waals surface area contributed by atoms with Crippen molar-refractivity contribution in [2.75, 3.05) is 0 Å². The van der Waals surface area contributed by atoms with Crippen LogP contribution in [0.5, 0.6) is 0 Å². The fourth-order valence-corrected chi connectivity index (χ4v) is 4.59. The molecule has 5 aromatic rings. The van der Waals surface area contributed by atoms with E-state index in [0.717, 1.165) is 27.9 Å². The maximum Gasteiger partial charge on any atom is 0.247 e. The Morgan fingerprint density at radius 1 is 0.857 bits per heavy atom. The van der Waals surface area contributed by atoms with E-state index < -0.39 is 0 Å². The molecular weight excluding hydrogens is 458 g/mol. The SMILES string of the molecule is CC(Sc1nnc(-c2ccc(C(C)(C)C)cc2)n1Cc1ccco1)c1nnc(-c2ccccc2)o1. The average Bonchev–Trinajstić information content (AvgIpc) is 3.62. The number of thioether (sulfide) groups is 1. The van der Waals surface area contributed by atoms with E-state index in [9.17, 15) is 0 Å². The molecule has 178 valence electrons. The molecule has 0 saturated heterocycles. The van der Waals surface area contributed by atoms with Gasteiger partial charge in [0.2, 0.25) is 11.8 Å². The molecule has 0 spiro atoms. The summed E-state index contributed by atoms with van der Waals surface area (Å²) in [5, 5.41) is 18.2. The predicted molar refractivity (Wildman–Crippen MR) is 136 cm³/mol. The second kappa shape index (κ2) is 9.54. The second-order valence-corrected chi connectivity index (χ2v) is 10.7. The molecular formula is C27H27N5O2S. The Labute approximate surface area is 208 Å². The summed E-state index contributed by atoms with van der Waals surface area (Å²) < 4.78 is 13.7. The molecule has 0 bridgehead atoms. The molecule has 0 N–H and O–H groups in total. The summed E-state index contributed by atoms with van der Waals surface area (Å²) in [4.78, 5) is 0. The standard InChI is InChI=1S/C27H27N5O2S/c1-18(24-29-30-25(34-24)20-9-6-5-7-10-20)35-26-31-28-23(32(26)17-22-11-8-16-33-22)19-12-14-21(15-13-19)27(2,3)4/h5-16,18H,17H2,1-4H3. The molecule has 0 aliphatic heterocycles. The molecule has 3 heterocycles. The highest BCUT2D eigenvalue weighted by atomic mass is 32.2. The Morgan fingerprint density at radius 3 is 2.31 bits per heavy atom. The molecule has 0 saturated carbocycles. The van der Waals surface area contributed by atoms with Gasteiger partial charge in [-0.25, -0.2) is 0 Å². The lowest BCUT2D eigenvalue weighted by Crippen LogP contribution is -2.10. The Hall–Kier alpha value is -3.65. The van der Waals surface area contributed by atoms with Crippen LogP contribution < -0.4 is 0 Å². The van der Waals surface area contributed by atoms with Crippen LogP contribution in [-0.2, 0) is 12.0 Å². The highest BCUT2D eigenvalue weighted by Crippen LogP contribution is 2.36. The van der Waals surface area contributed by atoms with Gasteiger partial charge in [-0.3, -0.25) is 4.57 Å². The van der Waals surface area contributed by atoms with Crippen molar-refractivity contribution >= 4 is 11.8 Å². The molecule has 35 heavy (non-hydrogen) atoms. The second-order valence-electron chi connectivity index (χ2n) is 9.37. The fourth-order valence-electron chi connectivity index (χ4n) is 3.71. The van der Waals surface area contributed by atoms with Crippen molar-refractivity contribution in [3.63, 3.8) is 0 Å². The monoisotopic (exact) mass is 485 g/mol. The van der Waals surface area contributed by atoms with Crippen LogP contribution in [0.1, 0.15) is 50.2 Å². The molecule has 8 heteroatoms. The topological polar surface area (TPSA) is 82.8 Å². The summed E-state index contributed by atoms with van der Waals surface area (Å²) in [5.74, 6) is 2.66. The van der Waals surface area contributed by atoms with E-state index >= 15 is 0 Å². The highest BCUT2D eigenvalue weighted by Gasteiger charge is 2.23. The normalized spacial score (nSPS) is 12.7. The van der Waals surface area contributed by atoms with Crippen molar-refractivity contribution in [1.82, 2.24) is 25.0 Å². The van der Waals surface area contributed by atoms with Gasteiger partial charge in [0.05, 0.1) is 18.1 Å². The van der Waals surface area contributed by atoms with Gasteiger partial charge in [-0.15, -0.1) is 20.4 Å². The molecule has 0 amide bonds. The zero-order valence-corrected chi connectivity index (χ0v) is 21.0. The first-order valence-corrected chi connectivity index (χ1v) is 12.4. The summed E-state index contributed by atoms with van der Waals surface area (Å²) in [6, 6.07) is 22.1. The van der Waals surface area contributed by atoms with Crippen LogP contribution >= 0.6 is 11.8 Å². The third-order valence-corrected chi connectivity index (χ3v) is 6.78. The zero-order chi connectivity index (χ0) is 24.4. The highest BCUT2D eigenvalue weighted by molar-refractivity contribution is 7.99. The van der Waals surface area contributed by atoms with Crippen LogP contribution in [0.15, 0.2) is 87.0 Å². The van der Waals surface area contributed by atoms with Crippen LogP contribution in [0, 0.1) is 0 Å². The first-order chi connectivity index (χ1) is 16.9. The van der Waals surface area contributed by atoms with Gasteiger partial charge in [0, 0.05) is 11.1 Å². The lowest BCUT2D eigenvalue weighted by atomic mass is 9.87. The quantitative estimate of drug-likeness (QED) is 0.235. The molecule has 7 nitrogen and oxygen atoms in total. The minimum Gasteiger partial charge on any atom is -0.467 e. The molecule has 2 aromatic carbocycles. The van der Waals surface area contributed by atoms with Crippen molar-refractivity contribution in [2.24, 2.45) is 0 Å². The van der Waals surface area contributed by atoms with E-state index in [1.807, 2.05) is 49.4 Å². The summed E-state index contributed by atoms with van der Waals surface area (Å²) in [7, 11) is 0. The number of hydrogen-bond donors (Lipinski definition) is 0. The van der Waals surface area contributed by atoms with E-state index in [1.54, 1.807) is 6.26 Å². The van der Waals surface area contributed by atoms with E-state index in [-0.39, 0.29) is 10.7 Å². The van der Waals surface area contributed by atoms with Gasteiger partial charge >= 0.3 is 0 Å². The van der Waals surface area contributed by atoms with Crippen LogP contribution in [0.4, 0.5) is 0 Å². The van der Waals surface area contributed by atoms with Gasteiger partial charge in [-0.1, -0.05) is 75.0 Å². The predicted octanol–water partition coefficient (Wildman–Crippen LogP) is 6.79. The number of furan rings is 1. The first-order valence-electron chi connectivity index (χ1n) is 11.5. The van der Waals surface area contributed by atoms with Crippen molar-refractivity contribution in [1.29, 1.82) is 0 Å². The van der Waals surface area contributed by atoms with Crippen LogP contribution in [-0.4, -0.2) is 25.0 Å². The third-order valence-electron chi connectivity index (χ3n) is 5.71. The van der Waals surface area contributed by atoms with Crippen molar-refractivity contribution in [2.45, 2.75) is 50.1 Å². The van der Waals surface area contributed by atoms with E-state index in [4.69, 9.17) is 8.83 Å². The Balaban J connectivity index is 1.44. The Morgan fingerprint density at radius 2 is 1.63 bits per heavy atom. The van der Waals surface area contributed by atoms with E-state index in [0.29, 0.717) is 18.3 Å². The van der Waals surface area contributed by atoms with E-state index in [1.165, 1.54) is 17.3 Å². The third kappa shape index (κ3) is 5.07. The summed E-state index contributed by atoms with van der Waals surface area (Å²) in [6.45, 7) is 9.16. The molecule has 5 rings (SSSR count). The van der Waals surface area contributed by atoms with E-state index in [2.05, 4.69) is 70.0 Å². The minimum absolute atomic E-state index is 0.0828. The van der Waals surface area contributed by atoms with Gasteiger partial charge in [0.1, 0.15) is 5.76 Å². The number of aromatic nitrogens is 5. The molecule has 1 atom stereocenters. The summed E-state index contributed by atoms with van der Waals surface area (Å²) >= 11 is 1.53. The number of rotatable bonds is 7. The maximum atomic E-state index is 5.97. The molecule has 0 aliphatic carbocycles.